The highest BCUT2D eigenvalue weighted by Gasteiger charge is 2.21. The van der Waals surface area contributed by atoms with Gasteiger partial charge in [0.05, 0.1) is 0 Å². The third-order valence-corrected chi connectivity index (χ3v) is 18.9. The van der Waals surface area contributed by atoms with Crippen LogP contribution in [0.3, 0.4) is 0 Å². The van der Waals surface area contributed by atoms with E-state index in [2.05, 4.69) is 480 Å². The Labute approximate surface area is 618 Å². The van der Waals surface area contributed by atoms with Crippen molar-refractivity contribution in [3.05, 3.63) is 448 Å². The largest absolute Gasteiger partial charge is 0.311 e. The number of hydrogen-bond acceptors (Lipinski definition) is 6. The zero-order valence-corrected chi connectivity index (χ0v) is 59.0. The van der Waals surface area contributed by atoms with Crippen LogP contribution in [0.4, 0.5) is 102 Å². The lowest BCUT2D eigenvalue weighted by Gasteiger charge is -2.29. The average Bonchev–Trinajstić information content (AvgIpc) is 0.790. The maximum Gasteiger partial charge on any atom is 0.0463 e. The molecule has 0 radical (unpaired) electrons. The van der Waals surface area contributed by atoms with Crippen molar-refractivity contribution in [1.29, 1.82) is 0 Å². The lowest BCUT2D eigenvalue weighted by Crippen LogP contribution is -2.13. The Hall–Kier alpha value is -13.7. The number of benzene rings is 16. The first kappa shape index (κ1) is 67.2. The van der Waals surface area contributed by atoms with Gasteiger partial charge in [0.15, 0.2) is 0 Å². The zero-order valence-electron chi connectivity index (χ0n) is 59.0. The van der Waals surface area contributed by atoms with Gasteiger partial charge in [-0.2, -0.15) is 0 Å². The van der Waals surface area contributed by atoms with Crippen LogP contribution in [-0.2, 0) is 6.42 Å². The van der Waals surface area contributed by atoms with Crippen LogP contribution in [0.15, 0.2) is 437 Å². The number of para-hydroxylation sites is 8. The fourth-order valence-electron chi connectivity index (χ4n) is 13.6. The highest BCUT2D eigenvalue weighted by Crippen LogP contribution is 2.45. The second-order valence-corrected chi connectivity index (χ2v) is 25.8. The van der Waals surface area contributed by atoms with Crippen LogP contribution >= 0.6 is 0 Å². The first-order valence-electron chi connectivity index (χ1n) is 35.9. The molecular weight excluding hydrogens is 1270 g/mol. The number of hydrogen-bond donors (Lipinski definition) is 0. The summed E-state index contributed by atoms with van der Waals surface area (Å²) in [4.78, 5) is 13.8. The molecule has 0 saturated carbocycles. The molecule has 6 heteroatoms. The van der Waals surface area contributed by atoms with Gasteiger partial charge in [0.1, 0.15) is 0 Å². The van der Waals surface area contributed by atoms with Crippen LogP contribution < -0.4 is 29.4 Å². The average molecular weight is 1350 g/mol. The van der Waals surface area contributed by atoms with E-state index in [4.69, 9.17) is 0 Å². The maximum absolute atomic E-state index is 2.34. The highest BCUT2D eigenvalue weighted by atomic mass is 15.2. The minimum Gasteiger partial charge on any atom is -0.311 e. The van der Waals surface area contributed by atoms with E-state index in [-0.39, 0.29) is 0 Å². The Balaban J connectivity index is 0.000000169. The summed E-state index contributed by atoms with van der Waals surface area (Å²) < 4.78 is 0. The van der Waals surface area contributed by atoms with Crippen molar-refractivity contribution < 1.29 is 0 Å². The SMILES string of the molecule is CCc1ccc(-c2ccc(N(c3ccc(N(c4ccccc4)c4ccccc4)cc3)c3ccc(N(c4ccccc4)c4ccccc4)cc3)cc2)cc1.Cc1ccc(-c2ccc(N(c3ccc(N(c4ccccc4)c4ccccc4)cc3)c3ccc(N(c4ccccc4)c4ccccc4)cc3)cc2)cc1. The standard InChI is InChI=1S/C50H41N3.C49H39N3/c1-2-39-23-25-40(26-24-39)41-27-29-46(30-28-41)53(49-35-31-47(32-36-49)51(42-15-7-3-8-16-42)43-17-9-4-10-18-43)50-37-33-48(34-38-50)52(44-19-11-5-12-20-44)45-21-13-6-14-22-45;1-38-22-24-39(25-23-38)40-26-28-45(29-27-40)52(48-34-30-46(31-35-48)50(41-14-6-2-7-15-41)42-16-8-3-9-17-42)49-36-32-47(33-37-49)51(43-18-10-4-11-19-43)44-20-12-5-13-21-44/h3-38H,2H2,1H3;2-37H,1H3. The molecule has 506 valence electrons. The van der Waals surface area contributed by atoms with E-state index >= 15 is 0 Å². The first-order valence-corrected chi connectivity index (χ1v) is 35.9. The Morgan fingerprint density at radius 2 is 0.267 bits per heavy atom. The molecule has 6 nitrogen and oxygen atoms in total. The van der Waals surface area contributed by atoms with Gasteiger partial charge in [-0.05, 0) is 260 Å². The number of anilines is 18. The summed E-state index contributed by atoms with van der Waals surface area (Å²) in [6.07, 6.45) is 1.04. The first-order chi connectivity index (χ1) is 52.0. The molecule has 16 rings (SSSR count). The number of nitrogens with zero attached hydrogens (tertiary/aromatic N) is 6. The molecule has 0 atom stereocenters. The van der Waals surface area contributed by atoms with Gasteiger partial charge in [-0.15, -0.1) is 0 Å². The fraction of sp³-hybridized carbons (Fsp3) is 0.0303. The lowest BCUT2D eigenvalue weighted by molar-refractivity contribution is 1.14. The molecular formula is C99H80N6. The van der Waals surface area contributed by atoms with Gasteiger partial charge in [-0.25, -0.2) is 0 Å². The van der Waals surface area contributed by atoms with E-state index in [1.54, 1.807) is 0 Å². The van der Waals surface area contributed by atoms with E-state index in [0.717, 1.165) is 109 Å². The van der Waals surface area contributed by atoms with Gasteiger partial charge in [-0.3, -0.25) is 0 Å². The van der Waals surface area contributed by atoms with Gasteiger partial charge >= 0.3 is 0 Å². The van der Waals surface area contributed by atoms with Crippen molar-refractivity contribution in [2.75, 3.05) is 29.4 Å². The van der Waals surface area contributed by atoms with Gasteiger partial charge in [0.25, 0.3) is 0 Å². The molecule has 0 aromatic heterocycles. The molecule has 16 aromatic rings. The molecule has 0 aliphatic carbocycles. The summed E-state index contributed by atoms with van der Waals surface area (Å²) in [5, 5.41) is 0. The Kier molecular flexibility index (Phi) is 20.7. The van der Waals surface area contributed by atoms with Gasteiger partial charge in [0, 0.05) is 102 Å². The predicted octanol–water partition coefficient (Wildman–Crippen LogP) is 28.4. The monoisotopic (exact) mass is 1350 g/mol. The topological polar surface area (TPSA) is 19.4 Å². The Morgan fingerprint density at radius 1 is 0.143 bits per heavy atom. The van der Waals surface area contributed by atoms with Crippen LogP contribution in [0.5, 0.6) is 0 Å². The van der Waals surface area contributed by atoms with E-state index in [1.165, 1.54) is 33.4 Å². The molecule has 0 aliphatic heterocycles. The van der Waals surface area contributed by atoms with Crippen LogP contribution in [-0.4, -0.2) is 0 Å². The summed E-state index contributed by atoms with van der Waals surface area (Å²) in [5.41, 5.74) is 27.2. The smallest absolute Gasteiger partial charge is 0.0463 e. The van der Waals surface area contributed by atoms with Crippen molar-refractivity contribution in [3.63, 3.8) is 0 Å². The summed E-state index contributed by atoms with van der Waals surface area (Å²) in [5.74, 6) is 0. The van der Waals surface area contributed by atoms with E-state index < -0.39 is 0 Å². The van der Waals surface area contributed by atoms with Crippen molar-refractivity contribution in [3.8, 4) is 22.3 Å². The van der Waals surface area contributed by atoms with Gasteiger partial charge in [0.2, 0.25) is 0 Å². The molecule has 0 N–H and O–H groups in total. The summed E-state index contributed by atoms with van der Waals surface area (Å²) in [7, 11) is 0. The summed E-state index contributed by atoms with van der Waals surface area (Å²) in [6, 6.07) is 155. The quantitative estimate of drug-likeness (QED) is 0.0709. The zero-order chi connectivity index (χ0) is 70.9. The molecule has 0 spiro atoms. The van der Waals surface area contributed by atoms with Gasteiger partial charge < -0.3 is 29.4 Å². The molecule has 0 saturated heterocycles. The van der Waals surface area contributed by atoms with Crippen molar-refractivity contribution in [2.24, 2.45) is 0 Å². The number of aryl methyl sites for hydroxylation is 2. The minimum atomic E-state index is 1.04. The van der Waals surface area contributed by atoms with Crippen molar-refractivity contribution in [2.45, 2.75) is 20.3 Å². The molecule has 0 fully saturated rings. The molecule has 0 aliphatic rings. The lowest BCUT2D eigenvalue weighted by atomic mass is 10.0. The summed E-state index contributed by atoms with van der Waals surface area (Å²) in [6.45, 7) is 4.32. The van der Waals surface area contributed by atoms with Crippen LogP contribution in [0.25, 0.3) is 22.3 Å². The van der Waals surface area contributed by atoms with E-state index in [0.29, 0.717) is 0 Å². The van der Waals surface area contributed by atoms with Crippen LogP contribution in [0.2, 0.25) is 0 Å². The van der Waals surface area contributed by atoms with Crippen LogP contribution in [0, 0.1) is 6.92 Å². The Bertz CT molecular complexity index is 4900. The molecule has 0 amide bonds. The van der Waals surface area contributed by atoms with E-state index in [1.807, 2.05) is 0 Å². The second kappa shape index (κ2) is 32.3. The normalized spacial score (nSPS) is 10.8. The molecule has 105 heavy (non-hydrogen) atoms. The predicted molar refractivity (Wildman–Crippen MR) is 446 cm³/mol. The Morgan fingerprint density at radius 3 is 0.419 bits per heavy atom. The maximum atomic E-state index is 2.34. The third-order valence-electron chi connectivity index (χ3n) is 18.9. The molecule has 16 aromatic carbocycles. The van der Waals surface area contributed by atoms with Crippen molar-refractivity contribution in [1.82, 2.24) is 0 Å². The number of rotatable bonds is 21. The highest BCUT2D eigenvalue weighted by molar-refractivity contribution is 5.87. The van der Waals surface area contributed by atoms with Crippen LogP contribution in [0.1, 0.15) is 18.1 Å². The second-order valence-electron chi connectivity index (χ2n) is 25.8. The third kappa shape index (κ3) is 15.6. The van der Waals surface area contributed by atoms with Crippen molar-refractivity contribution >= 4 is 102 Å². The minimum absolute atomic E-state index is 1.04. The molecule has 0 unspecified atom stereocenters. The van der Waals surface area contributed by atoms with E-state index in [9.17, 15) is 0 Å². The molecule has 0 heterocycles. The summed E-state index contributed by atoms with van der Waals surface area (Å²) >= 11 is 0. The van der Waals surface area contributed by atoms with Gasteiger partial charge in [-0.1, -0.05) is 231 Å². The molecule has 0 bridgehead atoms. The fourth-order valence-corrected chi connectivity index (χ4v) is 13.6.